The van der Waals surface area contributed by atoms with E-state index in [0.29, 0.717) is 30.3 Å². The predicted octanol–water partition coefficient (Wildman–Crippen LogP) is 2.19. The zero-order valence-electron chi connectivity index (χ0n) is 13.3. The summed E-state index contributed by atoms with van der Waals surface area (Å²) < 4.78 is 19.3. The molecule has 0 aromatic carbocycles. The van der Waals surface area contributed by atoms with Gasteiger partial charge in [0.1, 0.15) is 0 Å². The van der Waals surface area contributed by atoms with Crippen LogP contribution >= 0.6 is 0 Å². The van der Waals surface area contributed by atoms with Crippen molar-refractivity contribution in [1.82, 2.24) is 20.0 Å². The predicted molar refractivity (Wildman–Crippen MR) is 82.5 cm³/mol. The number of aromatic nitrogens is 3. The van der Waals surface area contributed by atoms with Gasteiger partial charge in [0.05, 0.1) is 6.54 Å². The minimum atomic E-state index is -0.245. The molecular formula is C16H20FN5O. The van der Waals surface area contributed by atoms with Gasteiger partial charge in [0.15, 0.2) is 17.5 Å². The van der Waals surface area contributed by atoms with Crippen LogP contribution in [0.25, 0.3) is 0 Å². The number of rotatable bonds is 4. The quantitative estimate of drug-likeness (QED) is 0.861. The zero-order chi connectivity index (χ0) is 16.0. The van der Waals surface area contributed by atoms with E-state index in [-0.39, 0.29) is 11.7 Å². The Hall–Kier alpha value is -2.02. The summed E-state index contributed by atoms with van der Waals surface area (Å²) in [5, 5.41) is 4.01. The molecule has 23 heavy (non-hydrogen) atoms. The van der Waals surface area contributed by atoms with Crippen molar-refractivity contribution in [2.75, 3.05) is 18.0 Å². The van der Waals surface area contributed by atoms with Crippen LogP contribution in [0.3, 0.4) is 0 Å². The third-order valence-electron chi connectivity index (χ3n) is 4.70. The van der Waals surface area contributed by atoms with Gasteiger partial charge in [-0.3, -0.25) is 4.90 Å². The van der Waals surface area contributed by atoms with Gasteiger partial charge >= 0.3 is 0 Å². The molecule has 2 aliphatic rings. The summed E-state index contributed by atoms with van der Waals surface area (Å²) in [7, 11) is 0. The lowest BCUT2D eigenvalue weighted by Gasteiger charge is -2.34. The summed E-state index contributed by atoms with van der Waals surface area (Å²) in [5.74, 6) is 1.91. The largest absolute Gasteiger partial charge is 0.348 e. The van der Waals surface area contributed by atoms with Crippen molar-refractivity contribution in [3.63, 3.8) is 0 Å². The Labute approximate surface area is 134 Å². The van der Waals surface area contributed by atoms with Crippen LogP contribution in [0.2, 0.25) is 0 Å². The van der Waals surface area contributed by atoms with Crippen molar-refractivity contribution in [3.8, 4) is 0 Å². The third-order valence-corrected chi connectivity index (χ3v) is 4.70. The Kier molecular flexibility index (Phi) is 3.52. The lowest BCUT2D eigenvalue weighted by molar-refractivity contribution is 0.199. The van der Waals surface area contributed by atoms with Crippen LogP contribution in [0.5, 0.6) is 0 Å². The standard InChI is InChI=1S/C16H20FN5O/c1-10(2)15-19-14(23-20-15)9-21-7-12-6-11(21)8-22(12)16-13(17)4-3-5-18-16/h3-5,10-12H,6-9H2,1-2H3. The number of pyridine rings is 1. The average molecular weight is 317 g/mol. The van der Waals surface area contributed by atoms with Crippen molar-refractivity contribution < 1.29 is 8.91 Å². The molecule has 2 fully saturated rings. The fourth-order valence-corrected chi connectivity index (χ4v) is 3.53. The van der Waals surface area contributed by atoms with Gasteiger partial charge < -0.3 is 9.42 Å². The average Bonchev–Trinajstić information content (AvgIpc) is 3.23. The maximum absolute atomic E-state index is 13.9. The second-order valence-corrected chi connectivity index (χ2v) is 6.64. The second kappa shape index (κ2) is 5.56. The van der Waals surface area contributed by atoms with E-state index in [2.05, 4.69) is 24.9 Å². The van der Waals surface area contributed by atoms with Gasteiger partial charge in [0.25, 0.3) is 0 Å². The van der Waals surface area contributed by atoms with Crippen molar-refractivity contribution in [1.29, 1.82) is 0 Å². The normalized spacial score (nSPS) is 24.1. The molecule has 0 spiro atoms. The molecule has 0 aliphatic carbocycles. The highest BCUT2D eigenvalue weighted by molar-refractivity contribution is 5.44. The van der Waals surface area contributed by atoms with Crippen LogP contribution in [0.15, 0.2) is 22.9 Å². The number of anilines is 1. The molecule has 2 bridgehead atoms. The first-order chi connectivity index (χ1) is 11.1. The van der Waals surface area contributed by atoms with Crippen molar-refractivity contribution in [2.45, 2.75) is 44.8 Å². The maximum atomic E-state index is 13.9. The van der Waals surface area contributed by atoms with Crippen LogP contribution in [0.1, 0.15) is 37.9 Å². The van der Waals surface area contributed by atoms with E-state index < -0.39 is 0 Å². The van der Waals surface area contributed by atoms with Crippen LogP contribution < -0.4 is 4.90 Å². The first kappa shape index (κ1) is 14.6. The SMILES string of the molecule is CC(C)c1noc(CN2CC3CC2CN3c2ncccc2F)n1. The summed E-state index contributed by atoms with van der Waals surface area (Å²) in [5.41, 5.74) is 0. The zero-order valence-corrected chi connectivity index (χ0v) is 13.3. The molecule has 2 atom stereocenters. The Balaban J connectivity index is 1.43. The van der Waals surface area contributed by atoms with E-state index in [0.717, 1.165) is 25.3 Å². The first-order valence-corrected chi connectivity index (χ1v) is 8.05. The summed E-state index contributed by atoms with van der Waals surface area (Å²) in [6.45, 7) is 6.43. The number of nitrogens with zero attached hydrogens (tertiary/aromatic N) is 5. The Bertz CT molecular complexity index is 703. The Morgan fingerprint density at radius 2 is 2.22 bits per heavy atom. The van der Waals surface area contributed by atoms with E-state index in [4.69, 9.17) is 4.52 Å². The summed E-state index contributed by atoms with van der Waals surface area (Å²) in [6, 6.07) is 3.78. The molecule has 6 nitrogen and oxygen atoms in total. The number of likely N-dealkylation sites (tertiary alicyclic amines) is 1. The molecule has 2 unspecified atom stereocenters. The molecule has 7 heteroatoms. The Morgan fingerprint density at radius 1 is 1.35 bits per heavy atom. The van der Waals surface area contributed by atoms with Gasteiger partial charge in [-0.25, -0.2) is 9.37 Å². The number of hydrogen-bond donors (Lipinski definition) is 0. The Morgan fingerprint density at radius 3 is 2.87 bits per heavy atom. The summed E-state index contributed by atoms with van der Waals surface area (Å²) in [6.07, 6.45) is 2.68. The van der Waals surface area contributed by atoms with Crippen LogP contribution in [-0.2, 0) is 6.54 Å². The van der Waals surface area contributed by atoms with E-state index in [1.165, 1.54) is 6.07 Å². The number of hydrogen-bond acceptors (Lipinski definition) is 6. The fourth-order valence-electron chi connectivity index (χ4n) is 3.53. The molecule has 0 N–H and O–H groups in total. The van der Waals surface area contributed by atoms with Gasteiger partial charge in [0, 0.05) is 37.3 Å². The summed E-state index contributed by atoms with van der Waals surface area (Å²) >= 11 is 0. The van der Waals surface area contributed by atoms with Crippen molar-refractivity contribution in [3.05, 3.63) is 35.9 Å². The van der Waals surface area contributed by atoms with E-state index in [1.807, 2.05) is 13.8 Å². The highest BCUT2D eigenvalue weighted by Gasteiger charge is 2.44. The first-order valence-electron chi connectivity index (χ1n) is 8.05. The lowest BCUT2D eigenvalue weighted by Crippen LogP contribution is -2.46. The highest BCUT2D eigenvalue weighted by atomic mass is 19.1. The molecule has 4 heterocycles. The maximum Gasteiger partial charge on any atom is 0.240 e. The molecule has 0 saturated carbocycles. The van der Waals surface area contributed by atoms with Gasteiger partial charge in [-0.2, -0.15) is 4.98 Å². The number of halogens is 1. The van der Waals surface area contributed by atoms with Crippen LogP contribution in [0.4, 0.5) is 10.2 Å². The molecular weight excluding hydrogens is 297 g/mol. The smallest absolute Gasteiger partial charge is 0.240 e. The van der Waals surface area contributed by atoms with Gasteiger partial charge in [0.2, 0.25) is 5.89 Å². The van der Waals surface area contributed by atoms with E-state index >= 15 is 0 Å². The molecule has 2 aliphatic heterocycles. The van der Waals surface area contributed by atoms with Crippen LogP contribution in [0, 0.1) is 5.82 Å². The molecule has 2 aromatic rings. The molecule has 2 saturated heterocycles. The lowest BCUT2D eigenvalue weighted by atomic mass is 10.2. The molecule has 2 aromatic heterocycles. The van der Waals surface area contributed by atoms with Crippen LogP contribution in [-0.4, -0.2) is 45.2 Å². The number of fused-ring (bicyclic) bond motifs is 2. The molecule has 122 valence electrons. The minimum absolute atomic E-state index is 0.245. The van der Waals surface area contributed by atoms with Gasteiger partial charge in [-0.1, -0.05) is 19.0 Å². The molecule has 0 amide bonds. The monoisotopic (exact) mass is 317 g/mol. The van der Waals surface area contributed by atoms with Crippen molar-refractivity contribution in [2.24, 2.45) is 0 Å². The second-order valence-electron chi connectivity index (χ2n) is 6.64. The third kappa shape index (κ3) is 2.59. The van der Waals surface area contributed by atoms with E-state index in [9.17, 15) is 4.39 Å². The fraction of sp³-hybridized carbons (Fsp3) is 0.562. The minimum Gasteiger partial charge on any atom is -0.348 e. The van der Waals surface area contributed by atoms with E-state index in [1.54, 1.807) is 12.3 Å². The summed E-state index contributed by atoms with van der Waals surface area (Å²) in [4.78, 5) is 13.1. The molecule has 0 radical (unpaired) electrons. The van der Waals surface area contributed by atoms with Gasteiger partial charge in [-0.15, -0.1) is 0 Å². The van der Waals surface area contributed by atoms with Crippen molar-refractivity contribution >= 4 is 5.82 Å². The van der Waals surface area contributed by atoms with Gasteiger partial charge in [-0.05, 0) is 18.6 Å². The number of piperazine rings is 1. The molecule has 4 rings (SSSR count). The highest BCUT2D eigenvalue weighted by Crippen LogP contribution is 2.35. The topological polar surface area (TPSA) is 58.3 Å².